The molecule has 0 aliphatic carbocycles. The van der Waals surface area contributed by atoms with E-state index in [-0.39, 0.29) is 5.75 Å². The molecule has 0 unspecified atom stereocenters. The van der Waals surface area contributed by atoms with Crippen molar-refractivity contribution in [1.82, 2.24) is 0 Å². The molecule has 18 heavy (non-hydrogen) atoms. The number of nitrogens with two attached hydrogens (primary N) is 1. The Labute approximate surface area is 111 Å². The standard InChI is InChI=1S/C14H15NO2S/c1-17-12-5-6-13(15)14(8-12)18-9-10-3-2-4-11(16)7-10/h2-8,16H,9,15H2,1H3. The molecule has 94 valence electrons. The van der Waals surface area contributed by atoms with E-state index in [1.165, 1.54) is 0 Å². The normalized spacial score (nSPS) is 10.3. The van der Waals surface area contributed by atoms with Crippen LogP contribution in [0, 0.1) is 0 Å². The first-order valence-electron chi connectivity index (χ1n) is 5.53. The zero-order valence-corrected chi connectivity index (χ0v) is 10.9. The summed E-state index contributed by atoms with van der Waals surface area (Å²) in [4.78, 5) is 0.984. The van der Waals surface area contributed by atoms with Crippen LogP contribution in [-0.2, 0) is 5.75 Å². The highest BCUT2D eigenvalue weighted by molar-refractivity contribution is 7.98. The molecule has 0 radical (unpaired) electrons. The number of nitrogen functional groups attached to an aromatic ring is 1. The molecule has 0 aromatic heterocycles. The molecule has 0 bridgehead atoms. The van der Waals surface area contributed by atoms with Gasteiger partial charge in [0.25, 0.3) is 0 Å². The molecule has 0 atom stereocenters. The summed E-state index contributed by atoms with van der Waals surface area (Å²) < 4.78 is 5.17. The fourth-order valence-electron chi connectivity index (χ4n) is 1.57. The molecule has 0 amide bonds. The van der Waals surface area contributed by atoms with Crippen molar-refractivity contribution in [2.45, 2.75) is 10.6 Å². The van der Waals surface area contributed by atoms with Gasteiger partial charge in [-0.15, -0.1) is 11.8 Å². The summed E-state index contributed by atoms with van der Waals surface area (Å²) in [7, 11) is 1.63. The van der Waals surface area contributed by atoms with Crippen molar-refractivity contribution in [1.29, 1.82) is 0 Å². The number of rotatable bonds is 4. The highest BCUT2D eigenvalue weighted by atomic mass is 32.2. The molecule has 0 fully saturated rings. The number of thioether (sulfide) groups is 1. The molecule has 0 aliphatic rings. The fourth-order valence-corrected chi connectivity index (χ4v) is 2.51. The van der Waals surface area contributed by atoms with Crippen molar-refractivity contribution < 1.29 is 9.84 Å². The van der Waals surface area contributed by atoms with Gasteiger partial charge in [0, 0.05) is 16.3 Å². The first-order chi connectivity index (χ1) is 8.69. The topological polar surface area (TPSA) is 55.5 Å². The SMILES string of the molecule is COc1ccc(N)c(SCc2cccc(O)c2)c1. The Kier molecular flexibility index (Phi) is 3.99. The van der Waals surface area contributed by atoms with Crippen molar-refractivity contribution >= 4 is 17.4 Å². The monoisotopic (exact) mass is 261 g/mol. The number of hydrogen-bond donors (Lipinski definition) is 2. The molecule has 2 aromatic rings. The summed E-state index contributed by atoms with van der Waals surface area (Å²) in [6.45, 7) is 0. The Morgan fingerprint density at radius 3 is 2.78 bits per heavy atom. The van der Waals surface area contributed by atoms with Crippen molar-refractivity contribution in [3.05, 3.63) is 48.0 Å². The second kappa shape index (κ2) is 5.69. The van der Waals surface area contributed by atoms with Gasteiger partial charge in [0.1, 0.15) is 11.5 Å². The molecule has 0 heterocycles. The highest BCUT2D eigenvalue weighted by Crippen LogP contribution is 2.31. The van der Waals surface area contributed by atoms with E-state index in [0.29, 0.717) is 0 Å². The molecule has 0 saturated heterocycles. The second-order valence-electron chi connectivity index (χ2n) is 3.86. The quantitative estimate of drug-likeness (QED) is 0.655. The fraction of sp³-hybridized carbons (Fsp3) is 0.143. The molecule has 0 saturated carbocycles. The van der Waals surface area contributed by atoms with Gasteiger partial charge in [0.05, 0.1) is 7.11 Å². The van der Waals surface area contributed by atoms with E-state index < -0.39 is 0 Å². The van der Waals surface area contributed by atoms with Gasteiger partial charge >= 0.3 is 0 Å². The van der Waals surface area contributed by atoms with Gasteiger partial charge in [-0.2, -0.15) is 0 Å². The number of anilines is 1. The van der Waals surface area contributed by atoms with Crippen molar-refractivity contribution in [2.24, 2.45) is 0 Å². The minimum Gasteiger partial charge on any atom is -0.508 e. The third-order valence-corrected chi connectivity index (χ3v) is 3.67. The maximum absolute atomic E-state index is 9.39. The molecule has 0 aliphatic heterocycles. The van der Waals surface area contributed by atoms with Gasteiger partial charge in [0.15, 0.2) is 0 Å². The summed E-state index contributed by atoms with van der Waals surface area (Å²) >= 11 is 1.62. The van der Waals surface area contributed by atoms with Crippen LogP contribution in [0.4, 0.5) is 5.69 Å². The number of methoxy groups -OCH3 is 1. The number of ether oxygens (including phenoxy) is 1. The van der Waals surface area contributed by atoms with Crippen molar-refractivity contribution in [3.8, 4) is 11.5 Å². The first kappa shape index (κ1) is 12.6. The largest absolute Gasteiger partial charge is 0.508 e. The van der Waals surface area contributed by atoms with E-state index in [1.807, 2.05) is 30.3 Å². The minimum absolute atomic E-state index is 0.284. The van der Waals surface area contributed by atoms with Gasteiger partial charge in [-0.25, -0.2) is 0 Å². The van der Waals surface area contributed by atoms with Crippen LogP contribution in [0.25, 0.3) is 0 Å². The van der Waals surface area contributed by atoms with Crippen LogP contribution < -0.4 is 10.5 Å². The zero-order valence-electron chi connectivity index (χ0n) is 10.1. The summed E-state index contributed by atoms with van der Waals surface area (Å²) in [6.07, 6.45) is 0. The summed E-state index contributed by atoms with van der Waals surface area (Å²) in [5.74, 6) is 1.83. The Hall–Kier alpha value is -1.81. The smallest absolute Gasteiger partial charge is 0.120 e. The van der Waals surface area contributed by atoms with Crippen LogP contribution >= 0.6 is 11.8 Å². The van der Waals surface area contributed by atoms with Crippen LogP contribution in [0.3, 0.4) is 0 Å². The van der Waals surface area contributed by atoms with Gasteiger partial charge in [0.2, 0.25) is 0 Å². The van der Waals surface area contributed by atoms with E-state index in [1.54, 1.807) is 31.0 Å². The molecule has 4 heteroatoms. The predicted octanol–water partition coefficient (Wildman–Crippen LogP) is 3.28. The van der Waals surface area contributed by atoms with Crippen molar-refractivity contribution in [2.75, 3.05) is 12.8 Å². The van der Waals surface area contributed by atoms with Gasteiger partial charge in [-0.1, -0.05) is 12.1 Å². The average molecular weight is 261 g/mol. The first-order valence-corrected chi connectivity index (χ1v) is 6.52. The van der Waals surface area contributed by atoms with Crippen LogP contribution in [0.5, 0.6) is 11.5 Å². The van der Waals surface area contributed by atoms with E-state index in [9.17, 15) is 5.11 Å². The van der Waals surface area contributed by atoms with Crippen LogP contribution in [0.2, 0.25) is 0 Å². The molecule has 2 aromatic carbocycles. The Morgan fingerprint density at radius 2 is 2.06 bits per heavy atom. The van der Waals surface area contributed by atoms with Crippen LogP contribution in [-0.4, -0.2) is 12.2 Å². The third-order valence-electron chi connectivity index (χ3n) is 2.53. The lowest BCUT2D eigenvalue weighted by molar-refractivity contribution is 0.414. The van der Waals surface area contributed by atoms with E-state index >= 15 is 0 Å². The average Bonchev–Trinajstić information content (AvgIpc) is 2.38. The van der Waals surface area contributed by atoms with Crippen LogP contribution in [0.15, 0.2) is 47.4 Å². The third kappa shape index (κ3) is 3.11. The summed E-state index contributed by atoms with van der Waals surface area (Å²) in [5, 5.41) is 9.39. The number of aromatic hydroxyl groups is 1. The van der Waals surface area contributed by atoms with Gasteiger partial charge < -0.3 is 15.6 Å². The van der Waals surface area contributed by atoms with Crippen molar-refractivity contribution in [3.63, 3.8) is 0 Å². The second-order valence-corrected chi connectivity index (χ2v) is 4.88. The highest BCUT2D eigenvalue weighted by Gasteiger charge is 2.03. The lowest BCUT2D eigenvalue weighted by Crippen LogP contribution is -1.91. The number of hydrogen-bond acceptors (Lipinski definition) is 4. The molecule has 3 nitrogen and oxygen atoms in total. The lowest BCUT2D eigenvalue weighted by atomic mass is 10.2. The Bertz CT molecular complexity index is 543. The molecule has 0 spiro atoms. The summed E-state index contributed by atoms with van der Waals surface area (Å²) in [5.41, 5.74) is 7.71. The molecular weight excluding hydrogens is 246 g/mol. The predicted molar refractivity (Wildman–Crippen MR) is 75.1 cm³/mol. The van der Waals surface area contributed by atoms with E-state index in [2.05, 4.69) is 0 Å². The number of phenolic OH excluding ortho intramolecular Hbond substituents is 1. The molecule has 3 N–H and O–H groups in total. The molecule has 2 rings (SSSR count). The number of phenols is 1. The van der Waals surface area contributed by atoms with E-state index in [0.717, 1.165) is 27.6 Å². The molecular formula is C14H15NO2S. The maximum atomic E-state index is 9.39. The summed E-state index contributed by atoms with van der Waals surface area (Å²) in [6, 6.07) is 12.8. The lowest BCUT2D eigenvalue weighted by Gasteiger charge is -2.08. The Balaban J connectivity index is 2.10. The maximum Gasteiger partial charge on any atom is 0.120 e. The van der Waals surface area contributed by atoms with Gasteiger partial charge in [-0.3, -0.25) is 0 Å². The van der Waals surface area contributed by atoms with Crippen LogP contribution in [0.1, 0.15) is 5.56 Å². The zero-order chi connectivity index (χ0) is 13.0. The minimum atomic E-state index is 0.284. The number of benzene rings is 2. The Morgan fingerprint density at radius 1 is 1.22 bits per heavy atom. The van der Waals surface area contributed by atoms with Gasteiger partial charge in [-0.05, 0) is 35.9 Å². The van der Waals surface area contributed by atoms with E-state index in [4.69, 9.17) is 10.5 Å².